The molecule has 3 aromatic rings. The van der Waals surface area contributed by atoms with Crippen LogP contribution < -0.4 is 10.1 Å². The summed E-state index contributed by atoms with van der Waals surface area (Å²) < 4.78 is 23.5. The summed E-state index contributed by atoms with van der Waals surface area (Å²) in [5.74, 6) is -0.0682. The molecule has 1 atom stereocenters. The van der Waals surface area contributed by atoms with Crippen LogP contribution >= 0.6 is 0 Å². The van der Waals surface area contributed by atoms with Gasteiger partial charge in [0, 0.05) is 31.6 Å². The molecular weight excluding hydrogens is 470 g/mol. The number of esters is 1. The number of nitrogens with zero attached hydrogens (tertiary/aromatic N) is 2. The molecule has 184 valence electrons. The maximum Gasteiger partial charge on any atom is 0.303 e. The minimum absolute atomic E-state index is 0.0122. The zero-order valence-corrected chi connectivity index (χ0v) is 20.3. The van der Waals surface area contributed by atoms with Gasteiger partial charge < -0.3 is 19.9 Å². The van der Waals surface area contributed by atoms with Gasteiger partial charge in [-0.25, -0.2) is 4.98 Å². The zero-order chi connectivity index (χ0) is 25.2. The molecule has 0 radical (unpaired) electrons. The molecule has 0 bridgehead atoms. The number of aliphatic hydroxyl groups is 1. The molecule has 1 aromatic carbocycles. The summed E-state index contributed by atoms with van der Waals surface area (Å²) in [6.07, 6.45) is 4.16. The van der Waals surface area contributed by atoms with E-state index in [9.17, 15) is 18.9 Å². The molecule has 9 nitrogen and oxygen atoms in total. The van der Waals surface area contributed by atoms with Crippen LogP contribution in [0.5, 0.6) is 5.75 Å². The third kappa shape index (κ3) is 7.43. The normalized spacial score (nSPS) is 11.5. The van der Waals surface area contributed by atoms with Crippen LogP contribution in [0.4, 0.5) is 5.69 Å². The predicted octanol–water partition coefficient (Wildman–Crippen LogP) is 3.03. The monoisotopic (exact) mass is 497 g/mol. The molecule has 2 aromatic heterocycles. The van der Waals surface area contributed by atoms with Crippen LogP contribution in [0.3, 0.4) is 0 Å². The summed E-state index contributed by atoms with van der Waals surface area (Å²) >= 11 is 0. The van der Waals surface area contributed by atoms with Crippen molar-refractivity contribution in [2.24, 2.45) is 0 Å². The van der Waals surface area contributed by atoms with Gasteiger partial charge in [0.1, 0.15) is 17.4 Å². The summed E-state index contributed by atoms with van der Waals surface area (Å²) in [7, 11) is -0.0334. The Labute approximate surface area is 206 Å². The van der Waals surface area contributed by atoms with E-state index in [1.165, 1.54) is 19.3 Å². The van der Waals surface area contributed by atoms with Gasteiger partial charge in [0.05, 0.1) is 34.9 Å². The second-order valence-corrected chi connectivity index (χ2v) is 8.94. The summed E-state index contributed by atoms with van der Waals surface area (Å²) in [6, 6.07) is 11.9. The first kappa shape index (κ1) is 26.0. The summed E-state index contributed by atoms with van der Waals surface area (Å²) in [5.41, 5.74) is 2.87. The Hall–Kier alpha value is -3.63. The standard InChI is InChI=1S/C25H27N3O6S/c1-17(30)34-15-21-14-20(9-11-26-21)28-24(31)23-6-3-10-27-25(23)35(32)16-19-7-8-22(33-2)13-18(19)5-4-12-29/h3,6-11,13-14,29H,4-5,12,15-16H2,1-2H3,(H,26,28,31). The van der Waals surface area contributed by atoms with Gasteiger partial charge in [0.25, 0.3) is 5.91 Å². The van der Waals surface area contributed by atoms with Crippen molar-refractivity contribution >= 4 is 28.4 Å². The van der Waals surface area contributed by atoms with E-state index in [1.807, 2.05) is 12.1 Å². The second-order valence-electron chi connectivity index (χ2n) is 7.58. The van der Waals surface area contributed by atoms with Gasteiger partial charge in [0.15, 0.2) is 0 Å². The number of rotatable bonds is 11. The number of hydrogen-bond donors (Lipinski definition) is 2. The quantitative estimate of drug-likeness (QED) is 0.387. The molecule has 0 fully saturated rings. The van der Waals surface area contributed by atoms with E-state index >= 15 is 0 Å². The number of aromatic nitrogens is 2. The molecule has 2 N–H and O–H groups in total. The van der Waals surface area contributed by atoms with Crippen molar-refractivity contribution in [2.45, 2.75) is 37.2 Å². The Morgan fingerprint density at radius 2 is 1.91 bits per heavy atom. The van der Waals surface area contributed by atoms with Crippen LogP contribution in [0.2, 0.25) is 0 Å². The molecule has 2 heterocycles. The Balaban J connectivity index is 1.79. The van der Waals surface area contributed by atoms with Crippen molar-refractivity contribution in [3.8, 4) is 5.75 Å². The maximum atomic E-state index is 13.3. The zero-order valence-electron chi connectivity index (χ0n) is 19.5. The van der Waals surface area contributed by atoms with Gasteiger partial charge >= 0.3 is 5.97 Å². The van der Waals surface area contributed by atoms with Gasteiger partial charge in [-0.05, 0) is 60.4 Å². The van der Waals surface area contributed by atoms with Gasteiger partial charge in [-0.2, -0.15) is 0 Å². The number of benzene rings is 1. The van der Waals surface area contributed by atoms with Gasteiger partial charge in [-0.15, -0.1) is 0 Å². The lowest BCUT2D eigenvalue weighted by Gasteiger charge is -2.13. The van der Waals surface area contributed by atoms with Crippen molar-refractivity contribution in [3.63, 3.8) is 0 Å². The molecule has 1 amide bonds. The minimum Gasteiger partial charge on any atom is -0.497 e. The first-order chi connectivity index (χ1) is 16.9. The summed E-state index contributed by atoms with van der Waals surface area (Å²) in [5, 5.41) is 12.2. The molecule has 0 saturated carbocycles. The fourth-order valence-corrected chi connectivity index (χ4v) is 4.62. The van der Waals surface area contributed by atoms with Gasteiger partial charge in [-0.1, -0.05) is 6.07 Å². The van der Waals surface area contributed by atoms with E-state index in [2.05, 4.69) is 15.3 Å². The minimum atomic E-state index is -1.61. The van der Waals surface area contributed by atoms with Crippen LogP contribution in [0.1, 0.15) is 40.5 Å². The van der Waals surface area contributed by atoms with Crippen molar-refractivity contribution in [1.82, 2.24) is 9.97 Å². The number of aliphatic hydroxyl groups excluding tert-OH is 1. The number of hydrogen-bond acceptors (Lipinski definition) is 8. The number of carbonyl (C=O) groups excluding carboxylic acids is 2. The highest BCUT2D eigenvalue weighted by Gasteiger charge is 2.19. The second kappa shape index (κ2) is 12.7. The van der Waals surface area contributed by atoms with Crippen molar-refractivity contribution in [3.05, 3.63) is 77.2 Å². The average molecular weight is 498 g/mol. The van der Waals surface area contributed by atoms with Crippen LogP contribution in [-0.2, 0) is 39.1 Å². The van der Waals surface area contributed by atoms with E-state index in [0.717, 1.165) is 11.1 Å². The van der Waals surface area contributed by atoms with Crippen molar-refractivity contribution in [1.29, 1.82) is 0 Å². The highest BCUT2D eigenvalue weighted by molar-refractivity contribution is 7.84. The first-order valence-corrected chi connectivity index (χ1v) is 12.2. The molecular formula is C25H27N3O6S. The number of aryl methyl sites for hydroxylation is 1. The van der Waals surface area contributed by atoms with Crippen LogP contribution in [-0.4, -0.2) is 44.9 Å². The Bertz CT molecular complexity index is 1220. The van der Waals surface area contributed by atoms with Crippen LogP contribution in [0.15, 0.2) is 59.9 Å². The van der Waals surface area contributed by atoms with E-state index in [1.54, 1.807) is 37.4 Å². The van der Waals surface area contributed by atoms with E-state index in [4.69, 9.17) is 9.47 Å². The SMILES string of the molecule is COc1ccc(CS(=O)c2ncccc2C(=O)Nc2ccnc(COC(C)=O)c2)c(CCCO)c1. The number of ether oxygens (including phenoxy) is 2. The molecule has 0 aliphatic carbocycles. The number of pyridine rings is 2. The molecule has 10 heteroatoms. The largest absolute Gasteiger partial charge is 0.497 e. The third-order valence-electron chi connectivity index (χ3n) is 5.03. The number of anilines is 1. The van der Waals surface area contributed by atoms with Crippen LogP contribution in [0, 0.1) is 0 Å². The Morgan fingerprint density at radius 1 is 1.09 bits per heavy atom. The lowest BCUT2D eigenvalue weighted by atomic mass is 10.0. The van der Waals surface area contributed by atoms with E-state index in [0.29, 0.717) is 30.0 Å². The Kier molecular flexibility index (Phi) is 9.45. The number of nitrogens with one attached hydrogen (secondary N) is 1. The van der Waals surface area contributed by atoms with E-state index < -0.39 is 22.7 Å². The fraction of sp³-hybridized carbons (Fsp3) is 0.280. The highest BCUT2D eigenvalue weighted by atomic mass is 32.2. The number of carbonyl (C=O) groups is 2. The summed E-state index contributed by atoms with van der Waals surface area (Å²) in [4.78, 5) is 32.4. The van der Waals surface area contributed by atoms with Crippen LogP contribution in [0.25, 0.3) is 0 Å². The summed E-state index contributed by atoms with van der Waals surface area (Å²) in [6.45, 7) is 1.33. The third-order valence-corrected chi connectivity index (χ3v) is 6.36. The smallest absolute Gasteiger partial charge is 0.303 e. The number of methoxy groups -OCH3 is 1. The van der Waals surface area contributed by atoms with Gasteiger partial charge in [0.2, 0.25) is 0 Å². The van der Waals surface area contributed by atoms with E-state index in [-0.39, 0.29) is 29.6 Å². The van der Waals surface area contributed by atoms with Crippen molar-refractivity contribution < 1.29 is 28.4 Å². The number of amides is 1. The lowest BCUT2D eigenvalue weighted by Crippen LogP contribution is -2.17. The molecule has 0 saturated heterocycles. The van der Waals surface area contributed by atoms with Gasteiger partial charge in [-0.3, -0.25) is 18.8 Å². The highest BCUT2D eigenvalue weighted by Crippen LogP contribution is 2.23. The molecule has 0 spiro atoms. The first-order valence-electron chi connectivity index (χ1n) is 10.9. The molecule has 0 aliphatic rings. The average Bonchev–Trinajstić information content (AvgIpc) is 2.87. The molecule has 3 rings (SSSR count). The maximum absolute atomic E-state index is 13.3. The fourth-order valence-electron chi connectivity index (χ4n) is 3.34. The Morgan fingerprint density at radius 3 is 2.66 bits per heavy atom. The lowest BCUT2D eigenvalue weighted by molar-refractivity contribution is -0.142. The molecule has 35 heavy (non-hydrogen) atoms. The predicted molar refractivity (Wildman–Crippen MR) is 130 cm³/mol. The molecule has 0 aliphatic heterocycles. The molecule has 1 unspecified atom stereocenters. The van der Waals surface area contributed by atoms with Crippen molar-refractivity contribution in [2.75, 3.05) is 19.0 Å². The topological polar surface area (TPSA) is 128 Å².